The topological polar surface area (TPSA) is 220 Å². The summed E-state index contributed by atoms with van der Waals surface area (Å²) in [5, 5.41) is 23.5. The summed E-state index contributed by atoms with van der Waals surface area (Å²) in [6, 6.07) is 17.6. The fourth-order valence-corrected chi connectivity index (χ4v) is 8.06. The summed E-state index contributed by atoms with van der Waals surface area (Å²) in [5.74, 6) is 6.80. The van der Waals surface area contributed by atoms with Crippen LogP contribution in [-0.4, -0.2) is 74.1 Å². The summed E-state index contributed by atoms with van der Waals surface area (Å²) in [6.45, 7) is 42.2. The minimum atomic E-state index is 0. The summed E-state index contributed by atoms with van der Waals surface area (Å²) >= 11 is 6.36. The van der Waals surface area contributed by atoms with E-state index in [2.05, 4.69) is 219 Å². The number of hydrogen-bond acceptors (Lipinski definition) is 21. The second kappa shape index (κ2) is 68.6. The van der Waals surface area contributed by atoms with Crippen molar-refractivity contribution in [3.8, 4) is 0 Å². The van der Waals surface area contributed by atoms with Crippen molar-refractivity contribution in [2.75, 3.05) is 0 Å². The largest absolute Gasteiger partial charge is 0.365 e. The summed E-state index contributed by atoms with van der Waals surface area (Å²) < 4.78 is 17.2. The van der Waals surface area contributed by atoms with Crippen LogP contribution in [0.5, 0.6) is 0 Å². The van der Waals surface area contributed by atoms with Crippen LogP contribution in [0.2, 0.25) is 0 Å². The Morgan fingerprint density at radius 3 is 1.16 bits per heavy atom. The molecule has 0 aliphatic carbocycles. The number of aromatic nitrogens is 15. The molecule has 95 heavy (non-hydrogen) atoms. The molecule has 10 aromatic rings. The van der Waals surface area contributed by atoms with E-state index in [4.69, 9.17) is 0 Å². The van der Waals surface area contributed by atoms with Crippen LogP contribution in [0.15, 0.2) is 148 Å². The average Bonchev–Trinajstić information content (AvgIpc) is 3.58. The molecule has 0 spiro atoms. The zero-order chi connectivity index (χ0) is 62.7. The van der Waals surface area contributed by atoms with Gasteiger partial charge in [0.25, 0.3) is 0 Å². The van der Waals surface area contributed by atoms with E-state index >= 15 is 0 Å². The van der Waals surface area contributed by atoms with Crippen LogP contribution in [0.25, 0.3) is 0 Å². The van der Waals surface area contributed by atoms with Crippen molar-refractivity contribution in [3.63, 3.8) is 0 Å². The Balaban J connectivity index is -0.0000000906. The number of hydrogen-bond donors (Lipinski definition) is 0. The van der Waals surface area contributed by atoms with Gasteiger partial charge in [-0.05, 0) is 101 Å². The Morgan fingerprint density at radius 2 is 0.905 bits per heavy atom. The SMILES string of the molecule is C.C.C.C.C.C.C.C.C.C.C.CC(C)c1ccccn1.CC(C)c1cccnn1.CC(C)c1ccncn1.CC(C)c1ccon1.CC(C)c1ccsn1.CC(C)c1cscn1.CC(C)c1ncccn1.CC(C)c1nccs1.CC(C)c1ncns1.CC(C)c1ncon1. The Morgan fingerprint density at radius 1 is 0.358 bits per heavy atom. The summed E-state index contributed by atoms with van der Waals surface area (Å²) in [4.78, 5) is 36.3. The quantitative estimate of drug-likeness (QED) is 0.124. The maximum absolute atomic E-state index is 4.63. The third-order valence-corrected chi connectivity index (χ3v) is 13.8. The van der Waals surface area contributed by atoms with Crippen molar-refractivity contribution >= 4 is 45.7 Å². The Labute approximate surface area is 599 Å². The van der Waals surface area contributed by atoms with Gasteiger partial charge in [-0.15, -0.1) is 22.7 Å². The standard InChI is InChI=1S/C8H11N.3C7H10N2.C6H9NO.3C6H9NS.C5H8N2O.C5H8N2S.11CH4/c1-7(2)8-5-3-4-6-9-8;1-6(2)7-3-4-8-5-9-7;1-6(2)7-8-4-3-5-9-7;1-6(2)7-4-3-5-8-9-7;1-5(2)6-3-4-8-7-6;1-5(2)6-3-8-4-7-6;1-5(2)6-7-3-4-8-6;1-5(2)6-3-4-8-7-6;1-4(2)5-6-3-8-7-5;1-4(2)5-6-3-7-8-5;;;;;;;;;;;/h3-7H,1-2H3;3*3-6H,1-2H3;4*3-5H,1-2H3;2*3-4H,1-2H3;11*1H4. The van der Waals surface area contributed by atoms with E-state index in [1.165, 1.54) is 45.9 Å². The van der Waals surface area contributed by atoms with Gasteiger partial charge in [0.2, 0.25) is 6.39 Å². The van der Waals surface area contributed by atoms with Crippen molar-refractivity contribution in [2.45, 2.75) is 279 Å². The highest BCUT2D eigenvalue weighted by Gasteiger charge is 2.04. The van der Waals surface area contributed by atoms with Gasteiger partial charge in [-0.2, -0.15) is 23.9 Å². The van der Waals surface area contributed by atoms with Crippen molar-refractivity contribution in [1.82, 2.24) is 74.1 Å². The minimum Gasteiger partial charge on any atom is -0.365 e. The second-order valence-electron chi connectivity index (χ2n) is 21.4. The molecule has 10 rings (SSSR count). The van der Waals surface area contributed by atoms with Gasteiger partial charge in [-0.1, -0.05) is 237 Å². The maximum atomic E-state index is 4.63. The first-order chi connectivity index (χ1) is 40.0. The zero-order valence-corrected chi connectivity index (χ0v) is 56.5. The molecule has 0 saturated heterocycles. The monoisotopic (exact) mass is 1400 g/mol. The molecule has 0 fully saturated rings. The molecule has 0 amide bonds. The molecule has 0 bridgehead atoms. The molecule has 21 heteroatoms. The van der Waals surface area contributed by atoms with Gasteiger partial charge in [0.15, 0.2) is 5.82 Å². The van der Waals surface area contributed by atoms with Gasteiger partial charge >= 0.3 is 0 Å². The predicted molar refractivity (Wildman–Crippen MR) is 422 cm³/mol. The van der Waals surface area contributed by atoms with Crippen LogP contribution in [0.4, 0.5) is 0 Å². The van der Waals surface area contributed by atoms with E-state index in [1.54, 1.807) is 66.4 Å². The van der Waals surface area contributed by atoms with Gasteiger partial charge in [0.05, 0.1) is 33.3 Å². The number of pyridine rings is 1. The molecule has 0 saturated carbocycles. The van der Waals surface area contributed by atoms with Gasteiger partial charge in [0.1, 0.15) is 29.7 Å². The van der Waals surface area contributed by atoms with Gasteiger partial charge in [-0.3, -0.25) is 4.98 Å². The first kappa shape index (κ1) is 113. The number of thiazole rings is 2. The number of rotatable bonds is 10. The van der Waals surface area contributed by atoms with Crippen molar-refractivity contribution in [1.29, 1.82) is 0 Å². The summed E-state index contributed by atoms with van der Waals surface area (Å²) in [7, 11) is 0. The first-order valence-electron chi connectivity index (χ1n) is 28.4. The summed E-state index contributed by atoms with van der Waals surface area (Å²) in [6.07, 6.45) is 16.8. The van der Waals surface area contributed by atoms with E-state index in [0.717, 1.165) is 39.4 Å². The third-order valence-electron chi connectivity index (χ3n) is 10.6. The minimum absolute atomic E-state index is 0. The Hall–Kier alpha value is -6.81. The molecule has 0 aliphatic rings. The van der Waals surface area contributed by atoms with Crippen LogP contribution < -0.4 is 0 Å². The molecule has 10 heterocycles. The molecule has 10 aromatic heterocycles. The Bertz CT molecular complexity index is 2430. The van der Waals surface area contributed by atoms with E-state index in [9.17, 15) is 0 Å². The van der Waals surface area contributed by atoms with Crippen LogP contribution >= 0.6 is 45.7 Å². The molecule has 17 nitrogen and oxygen atoms in total. The lowest BCUT2D eigenvalue weighted by Crippen LogP contribution is -1.93. The van der Waals surface area contributed by atoms with Gasteiger partial charge in [-0.25, -0.2) is 34.9 Å². The second-order valence-corrected chi connectivity index (χ2v) is 24.5. The van der Waals surface area contributed by atoms with Crippen LogP contribution in [0.1, 0.15) is 335 Å². The molecule has 0 unspecified atom stereocenters. The highest BCUT2D eigenvalue weighted by Crippen LogP contribution is 2.17. The lowest BCUT2D eigenvalue weighted by Gasteiger charge is -2.00. The molecule has 0 atom stereocenters. The van der Waals surface area contributed by atoms with Gasteiger partial charge < -0.3 is 9.05 Å². The molecular weight excluding hydrogens is 1260 g/mol. The first-order valence-corrected chi connectivity index (χ1v) is 31.8. The van der Waals surface area contributed by atoms with Crippen LogP contribution in [0.3, 0.4) is 0 Å². The van der Waals surface area contributed by atoms with Crippen LogP contribution in [0, 0.1) is 0 Å². The third kappa shape index (κ3) is 55.1. The molecule has 0 N–H and O–H groups in total. The summed E-state index contributed by atoms with van der Waals surface area (Å²) in [5.41, 5.74) is 8.62. The predicted octanol–water partition coefficient (Wildman–Crippen LogP) is 25.5. The normalized spacial score (nSPS) is 9.07. The highest BCUT2D eigenvalue weighted by atomic mass is 32.1. The van der Waals surface area contributed by atoms with Crippen molar-refractivity contribution in [2.24, 2.45) is 0 Å². The number of nitrogens with zero attached hydrogens (tertiary/aromatic N) is 15. The fourth-order valence-electron chi connectivity index (χ4n) is 5.53. The highest BCUT2D eigenvalue weighted by molar-refractivity contribution is 7.09. The molecule has 0 aliphatic heterocycles. The molecule has 0 aromatic carbocycles. The Kier molecular flexibility index (Phi) is 81.2. The molecule has 0 radical (unpaired) electrons. The smallest absolute Gasteiger partial charge is 0.213 e. The van der Waals surface area contributed by atoms with E-state index in [-0.39, 0.29) is 81.7 Å². The molecular formula is C74H137N15O2S4. The maximum Gasteiger partial charge on any atom is 0.213 e. The lowest BCUT2D eigenvalue weighted by molar-refractivity contribution is 0.407. The van der Waals surface area contributed by atoms with Crippen molar-refractivity contribution in [3.05, 3.63) is 195 Å². The van der Waals surface area contributed by atoms with Crippen LogP contribution in [-0.2, 0) is 0 Å². The lowest BCUT2D eigenvalue weighted by atomic mass is 10.1. The van der Waals surface area contributed by atoms with Gasteiger partial charge in [0, 0.05) is 94.4 Å². The van der Waals surface area contributed by atoms with E-state index in [0.29, 0.717) is 59.2 Å². The van der Waals surface area contributed by atoms with Crippen molar-refractivity contribution < 1.29 is 9.05 Å². The molecule has 544 valence electrons. The fraction of sp³-hybridized carbons (Fsp3) is 0.554. The van der Waals surface area contributed by atoms with E-state index < -0.39 is 0 Å². The van der Waals surface area contributed by atoms with E-state index in [1.807, 2.05) is 91.0 Å². The average molecular weight is 1400 g/mol. The zero-order valence-electron chi connectivity index (χ0n) is 53.2.